The quantitative estimate of drug-likeness (QED) is 0.681. The van der Waals surface area contributed by atoms with Crippen molar-refractivity contribution in [2.75, 3.05) is 11.4 Å². The van der Waals surface area contributed by atoms with Crippen LogP contribution < -0.4 is 4.90 Å². The SMILES string of the molecule is Cc1csc(C2(C#N)Cc3c(C)nn(-c4ccccc4)c3N3CCCC32)n1. The summed E-state index contributed by atoms with van der Waals surface area (Å²) in [6, 6.07) is 13.1. The van der Waals surface area contributed by atoms with Crippen molar-refractivity contribution in [2.24, 2.45) is 0 Å². The van der Waals surface area contributed by atoms with E-state index in [1.165, 1.54) is 11.4 Å². The zero-order valence-electron chi connectivity index (χ0n) is 15.5. The summed E-state index contributed by atoms with van der Waals surface area (Å²) in [4.78, 5) is 7.17. The monoisotopic (exact) mass is 375 g/mol. The summed E-state index contributed by atoms with van der Waals surface area (Å²) in [7, 11) is 0. The number of nitriles is 1. The lowest BCUT2D eigenvalue weighted by molar-refractivity contribution is 0.404. The number of hydrogen-bond acceptors (Lipinski definition) is 5. The Morgan fingerprint density at radius 2 is 2.07 bits per heavy atom. The zero-order chi connectivity index (χ0) is 18.6. The number of benzene rings is 1. The highest BCUT2D eigenvalue weighted by Crippen LogP contribution is 2.49. The van der Waals surface area contributed by atoms with E-state index in [-0.39, 0.29) is 6.04 Å². The second-order valence-electron chi connectivity index (χ2n) is 7.54. The van der Waals surface area contributed by atoms with E-state index in [2.05, 4.69) is 40.1 Å². The lowest BCUT2D eigenvalue weighted by Gasteiger charge is -2.42. The maximum absolute atomic E-state index is 10.4. The lowest BCUT2D eigenvalue weighted by atomic mass is 9.73. The van der Waals surface area contributed by atoms with Gasteiger partial charge in [-0.25, -0.2) is 9.67 Å². The molecule has 0 amide bonds. The highest BCUT2D eigenvalue weighted by atomic mass is 32.1. The molecule has 2 aliphatic rings. The van der Waals surface area contributed by atoms with Gasteiger partial charge in [0.2, 0.25) is 0 Å². The van der Waals surface area contributed by atoms with Crippen molar-refractivity contribution in [1.82, 2.24) is 14.8 Å². The minimum absolute atomic E-state index is 0.152. The van der Waals surface area contributed by atoms with Gasteiger partial charge in [-0.3, -0.25) is 0 Å². The third-order valence-electron chi connectivity index (χ3n) is 5.91. The van der Waals surface area contributed by atoms with Crippen LogP contribution in [0, 0.1) is 25.2 Å². The van der Waals surface area contributed by atoms with Crippen molar-refractivity contribution < 1.29 is 0 Å². The number of rotatable bonds is 2. The Kier molecular flexibility index (Phi) is 3.63. The van der Waals surface area contributed by atoms with Crippen LogP contribution >= 0.6 is 11.3 Å². The molecule has 2 aromatic heterocycles. The number of aromatic nitrogens is 3. The molecule has 1 saturated heterocycles. The van der Waals surface area contributed by atoms with E-state index in [1.54, 1.807) is 11.3 Å². The van der Waals surface area contributed by atoms with Gasteiger partial charge in [0.1, 0.15) is 16.2 Å². The molecule has 3 aromatic rings. The third kappa shape index (κ3) is 2.28. The molecule has 1 aromatic carbocycles. The predicted octanol–water partition coefficient (Wildman–Crippen LogP) is 3.93. The molecule has 0 aliphatic carbocycles. The first-order valence-electron chi connectivity index (χ1n) is 9.38. The van der Waals surface area contributed by atoms with Gasteiger partial charge in [0.15, 0.2) is 0 Å². The maximum Gasteiger partial charge on any atom is 0.136 e. The average Bonchev–Trinajstić information content (AvgIpc) is 3.41. The summed E-state index contributed by atoms with van der Waals surface area (Å²) < 4.78 is 2.07. The molecule has 0 bridgehead atoms. The van der Waals surface area contributed by atoms with Gasteiger partial charge in [-0.1, -0.05) is 18.2 Å². The summed E-state index contributed by atoms with van der Waals surface area (Å²) in [6.45, 7) is 5.03. The molecule has 1 fully saturated rings. The fraction of sp³-hybridized carbons (Fsp3) is 0.381. The highest BCUT2D eigenvalue weighted by molar-refractivity contribution is 7.09. The van der Waals surface area contributed by atoms with E-state index in [9.17, 15) is 5.26 Å². The molecule has 27 heavy (non-hydrogen) atoms. The van der Waals surface area contributed by atoms with Gasteiger partial charge in [0.05, 0.1) is 23.5 Å². The van der Waals surface area contributed by atoms with Gasteiger partial charge in [0, 0.05) is 29.6 Å². The van der Waals surface area contributed by atoms with Crippen LogP contribution in [0.4, 0.5) is 5.82 Å². The van der Waals surface area contributed by atoms with Crippen LogP contribution in [0.25, 0.3) is 5.69 Å². The number of thiazole rings is 1. The molecule has 4 heterocycles. The molecule has 0 saturated carbocycles. The first kappa shape index (κ1) is 16.5. The van der Waals surface area contributed by atoms with Crippen LogP contribution in [-0.2, 0) is 11.8 Å². The molecule has 2 atom stereocenters. The molecule has 0 radical (unpaired) electrons. The minimum Gasteiger partial charge on any atom is -0.351 e. The van der Waals surface area contributed by atoms with Crippen molar-refractivity contribution in [3.8, 4) is 11.8 Å². The van der Waals surface area contributed by atoms with Crippen molar-refractivity contribution in [1.29, 1.82) is 5.26 Å². The third-order valence-corrected chi connectivity index (χ3v) is 7.05. The Bertz CT molecular complexity index is 1040. The standard InChI is InChI=1S/C21H21N5S/c1-14-12-27-20(23-14)21(13-22)11-17-15(2)24-26(16-7-4-3-5-8-16)19(17)25-10-6-9-18(21)25/h3-5,7-8,12,18H,6,9-11H2,1-2H3. The van der Waals surface area contributed by atoms with Gasteiger partial charge < -0.3 is 4.90 Å². The molecule has 2 unspecified atom stereocenters. The van der Waals surface area contributed by atoms with Gasteiger partial charge in [-0.05, 0) is 38.8 Å². The summed E-state index contributed by atoms with van der Waals surface area (Å²) in [5.41, 5.74) is 3.68. The van der Waals surface area contributed by atoms with E-state index in [4.69, 9.17) is 10.1 Å². The second-order valence-corrected chi connectivity index (χ2v) is 8.40. The predicted molar refractivity (Wildman–Crippen MR) is 107 cm³/mol. The van der Waals surface area contributed by atoms with Crippen LogP contribution in [0.1, 0.15) is 34.8 Å². The van der Waals surface area contributed by atoms with E-state index < -0.39 is 5.41 Å². The largest absolute Gasteiger partial charge is 0.351 e. The van der Waals surface area contributed by atoms with E-state index in [0.717, 1.165) is 41.5 Å². The minimum atomic E-state index is -0.586. The number of aryl methyl sites for hydroxylation is 2. The molecule has 6 heteroatoms. The average molecular weight is 376 g/mol. The topological polar surface area (TPSA) is 57.7 Å². The Morgan fingerprint density at radius 1 is 1.26 bits per heavy atom. The molecule has 2 aliphatic heterocycles. The van der Waals surface area contributed by atoms with Gasteiger partial charge in [-0.15, -0.1) is 11.3 Å². The van der Waals surface area contributed by atoms with Crippen LogP contribution in [0.3, 0.4) is 0 Å². The summed E-state index contributed by atoms with van der Waals surface area (Å²) in [5, 5.41) is 18.2. The van der Waals surface area contributed by atoms with Gasteiger partial charge in [0.25, 0.3) is 0 Å². The van der Waals surface area contributed by atoms with E-state index in [1.807, 2.05) is 25.1 Å². The number of hydrogen-bond donors (Lipinski definition) is 0. The summed E-state index contributed by atoms with van der Waals surface area (Å²) >= 11 is 1.62. The Morgan fingerprint density at radius 3 is 2.78 bits per heavy atom. The molecule has 136 valence electrons. The van der Waals surface area contributed by atoms with Crippen LogP contribution in [0.15, 0.2) is 35.7 Å². The van der Waals surface area contributed by atoms with Crippen LogP contribution in [0.2, 0.25) is 0 Å². The summed E-state index contributed by atoms with van der Waals surface area (Å²) in [6.07, 6.45) is 2.80. The molecule has 0 spiro atoms. The highest BCUT2D eigenvalue weighted by Gasteiger charge is 2.53. The molecule has 5 nitrogen and oxygen atoms in total. The normalized spacial score (nSPS) is 23.7. The van der Waals surface area contributed by atoms with Gasteiger partial charge in [-0.2, -0.15) is 10.4 Å². The van der Waals surface area contributed by atoms with Crippen molar-refractivity contribution in [3.63, 3.8) is 0 Å². The molecular weight excluding hydrogens is 354 g/mol. The Labute approximate surface area is 162 Å². The van der Waals surface area contributed by atoms with Crippen molar-refractivity contribution in [2.45, 2.75) is 44.6 Å². The first-order chi connectivity index (χ1) is 13.1. The van der Waals surface area contributed by atoms with E-state index >= 15 is 0 Å². The number of para-hydroxylation sites is 1. The number of fused-ring (bicyclic) bond motifs is 3. The Hall–Kier alpha value is -2.65. The lowest BCUT2D eigenvalue weighted by Crippen LogP contribution is -2.52. The fourth-order valence-electron chi connectivity index (χ4n) is 4.67. The van der Waals surface area contributed by atoms with Crippen molar-refractivity contribution >= 4 is 17.2 Å². The summed E-state index contributed by atoms with van der Waals surface area (Å²) in [5.74, 6) is 1.17. The maximum atomic E-state index is 10.4. The number of anilines is 1. The van der Waals surface area contributed by atoms with E-state index in [0.29, 0.717) is 6.42 Å². The first-order valence-corrected chi connectivity index (χ1v) is 10.3. The smallest absolute Gasteiger partial charge is 0.136 e. The fourth-order valence-corrected chi connectivity index (χ4v) is 5.66. The van der Waals surface area contributed by atoms with Crippen molar-refractivity contribution in [3.05, 3.63) is 57.7 Å². The Balaban J connectivity index is 1.72. The molecular formula is C21H21N5S. The van der Waals surface area contributed by atoms with Crippen LogP contribution in [-0.4, -0.2) is 27.4 Å². The number of nitrogens with zero attached hydrogens (tertiary/aromatic N) is 5. The zero-order valence-corrected chi connectivity index (χ0v) is 16.3. The molecule has 0 N–H and O–H groups in total. The van der Waals surface area contributed by atoms with Crippen LogP contribution in [0.5, 0.6) is 0 Å². The molecule has 5 rings (SSSR count). The van der Waals surface area contributed by atoms with Gasteiger partial charge >= 0.3 is 0 Å². The second kappa shape index (κ2) is 5.93.